The Morgan fingerprint density at radius 3 is 2.81 bits per heavy atom. The average molecular weight is 435 g/mol. The number of benzene rings is 1. The van der Waals surface area contributed by atoms with Crippen LogP contribution in [0.25, 0.3) is 11.0 Å². The quantitative estimate of drug-likeness (QED) is 0.636. The number of halogens is 2. The third-order valence-corrected chi connectivity index (χ3v) is 5.18. The Morgan fingerprint density at radius 2 is 2.04 bits per heavy atom. The van der Waals surface area contributed by atoms with Gasteiger partial charge < -0.3 is 15.4 Å². The lowest BCUT2D eigenvalue weighted by molar-refractivity contribution is 0.222. The number of hydrogen-bond acceptors (Lipinski definition) is 6. The van der Waals surface area contributed by atoms with E-state index in [0.717, 1.165) is 52.0 Å². The third kappa shape index (κ3) is 3.75. The van der Waals surface area contributed by atoms with Crippen molar-refractivity contribution in [3.8, 4) is 5.75 Å². The van der Waals surface area contributed by atoms with E-state index in [-0.39, 0.29) is 6.10 Å². The number of nitrogens with zero attached hydrogens (tertiary/aromatic N) is 3. The van der Waals surface area contributed by atoms with Crippen molar-refractivity contribution >= 4 is 44.3 Å². The van der Waals surface area contributed by atoms with Gasteiger partial charge >= 0.3 is 0 Å². The van der Waals surface area contributed by atoms with Crippen molar-refractivity contribution in [3.05, 3.63) is 52.0 Å². The first kappa shape index (κ1) is 17.5. The van der Waals surface area contributed by atoms with Crippen LogP contribution in [-0.2, 0) is 6.54 Å². The summed E-state index contributed by atoms with van der Waals surface area (Å²) in [5, 5.41) is 7.34. The molecule has 8 heteroatoms. The highest BCUT2D eigenvalue weighted by Crippen LogP contribution is 2.34. The molecule has 4 rings (SSSR count). The number of pyridine rings is 1. The molecular formula is C18H17BrClN5O. The Kier molecular flexibility index (Phi) is 5.19. The van der Waals surface area contributed by atoms with Crippen molar-refractivity contribution in [2.45, 2.75) is 19.1 Å². The van der Waals surface area contributed by atoms with Crippen molar-refractivity contribution in [1.29, 1.82) is 0 Å². The molecule has 0 unspecified atom stereocenters. The largest absolute Gasteiger partial charge is 0.486 e. The predicted molar refractivity (Wildman–Crippen MR) is 106 cm³/mol. The summed E-state index contributed by atoms with van der Waals surface area (Å²) >= 11 is 9.94. The molecule has 1 saturated heterocycles. The first-order valence-electron chi connectivity index (χ1n) is 8.34. The number of nitrogens with one attached hydrogen (secondary N) is 2. The fourth-order valence-corrected chi connectivity index (χ4v) is 3.57. The molecule has 0 radical (unpaired) electrons. The molecule has 1 fully saturated rings. The van der Waals surface area contributed by atoms with E-state index in [0.29, 0.717) is 11.6 Å². The second-order valence-electron chi connectivity index (χ2n) is 6.07. The first-order valence-corrected chi connectivity index (χ1v) is 9.51. The summed E-state index contributed by atoms with van der Waals surface area (Å²) < 4.78 is 6.98. The van der Waals surface area contributed by atoms with Crippen molar-refractivity contribution in [2.24, 2.45) is 0 Å². The van der Waals surface area contributed by atoms with Crippen LogP contribution in [0.2, 0.25) is 5.02 Å². The molecule has 26 heavy (non-hydrogen) atoms. The van der Waals surface area contributed by atoms with E-state index in [9.17, 15) is 0 Å². The van der Waals surface area contributed by atoms with Crippen LogP contribution in [0.15, 0.2) is 41.4 Å². The minimum absolute atomic E-state index is 0.161. The van der Waals surface area contributed by atoms with Gasteiger partial charge in [0, 0.05) is 36.7 Å². The number of fused-ring (bicyclic) bond motifs is 1. The Bertz CT molecular complexity index is 933. The number of hydrogen-bond donors (Lipinski definition) is 2. The minimum atomic E-state index is 0.161. The lowest BCUT2D eigenvalue weighted by Crippen LogP contribution is -2.20. The highest BCUT2D eigenvalue weighted by molar-refractivity contribution is 9.10. The van der Waals surface area contributed by atoms with Crippen LogP contribution in [0.1, 0.15) is 12.0 Å². The van der Waals surface area contributed by atoms with E-state index in [2.05, 4.69) is 41.5 Å². The second-order valence-corrected chi connectivity index (χ2v) is 7.33. The van der Waals surface area contributed by atoms with Crippen LogP contribution in [0.5, 0.6) is 5.75 Å². The van der Waals surface area contributed by atoms with Gasteiger partial charge in [-0.2, -0.15) is 0 Å². The van der Waals surface area contributed by atoms with Crippen molar-refractivity contribution in [3.63, 3.8) is 0 Å². The monoisotopic (exact) mass is 433 g/mol. The van der Waals surface area contributed by atoms with Gasteiger partial charge in [-0.1, -0.05) is 11.6 Å². The molecule has 1 atom stereocenters. The number of rotatable bonds is 5. The maximum Gasteiger partial charge on any atom is 0.160 e. The highest BCUT2D eigenvalue weighted by atomic mass is 79.9. The molecule has 0 aliphatic carbocycles. The Hall–Kier alpha value is -1.96. The molecule has 1 aromatic carbocycles. The van der Waals surface area contributed by atoms with Crippen LogP contribution < -0.4 is 15.4 Å². The SMILES string of the molecule is Clc1cc2nccnc2cc1CNc1cncc(Br)c1O[C@@H]1CCNC1. The predicted octanol–water partition coefficient (Wildman–Crippen LogP) is 3.79. The lowest BCUT2D eigenvalue weighted by Gasteiger charge is -2.18. The normalized spacial score (nSPS) is 16.8. The van der Waals surface area contributed by atoms with Crippen molar-refractivity contribution < 1.29 is 4.74 Å². The Balaban J connectivity index is 1.56. The van der Waals surface area contributed by atoms with Crippen molar-refractivity contribution in [1.82, 2.24) is 20.3 Å². The zero-order valence-corrected chi connectivity index (χ0v) is 16.2. The Labute approximate surface area is 164 Å². The average Bonchev–Trinajstić information content (AvgIpc) is 3.15. The van der Waals surface area contributed by atoms with Gasteiger partial charge in [-0.25, -0.2) is 0 Å². The van der Waals surface area contributed by atoms with E-state index >= 15 is 0 Å². The van der Waals surface area contributed by atoms with Crippen LogP contribution >= 0.6 is 27.5 Å². The topological polar surface area (TPSA) is 72.0 Å². The lowest BCUT2D eigenvalue weighted by atomic mass is 10.2. The van der Waals surface area contributed by atoms with Crippen LogP contribution in [0.3, 0.4) is 0 Å². The Morgan fingerprint density at radius 1 is 1.23 bits per heavy atom. The van der Waals surface area contributed by atoms with Gasteiger partial charge in [-0.15, -0.1) is 0 Å². The summed E-state index contributed by atoms with van der Waals surface area (Å²) in [6, 6.07) is 3.78. The first-order chi connectivity index (χ1) is 12.7. The molecule has 1 aliphatic rings. The molecule has 0 amide bonds. The summed E-state index contributed by atoms with van der Waals surface area (Å²) in [7, 11) is 0. The van der Waals surface area contributed by atoms with Gasteiger partial charge in [-0.05, 0) is 46.6 Å². The summed E-state index contributed by atoms with van der Waals surface area (Å²) in [6.45, 7) is 2.36. The molecule has 0 bridgehead atoms. The van der Waals surface area contributed by atoms with E-state index in [1.807, 2.05) is 12.1 Å². The van der Waals surface area contributed by atoms with Gasteiger partial charge in [0.1, 0.15) is 6.10 Å². The minimum Gasteiger partial charge on any atom is -0.486 e. The molecule has 6 nitrogen and oxygen atoms in total. The molecule has 1 aliphatic heterocycles. The van der Waals surface area contributed by atoms with Gasteiger partial charge in [0.05, 0.1) is 27.4 Å². The fourth-order valence-electron chi connectivity index (χ4n) is 2.92. The molecule has 3 heterocycles. The van der Waals surface area contributed by atoms with Gasteiger partial charge in [0.2, 0.25) is 0 Å². The van der Waals surface area contributed by atoms with Gasteiger partial charge in [-0.3, -0.25) is 15.0 Å². The maximum absolute atomic E-state index is 6.41. The highest BCUT2D eigenvalue weighted by Gasteiger charge is 2.19. The van der Waals surface area contributed by atoms with Crippen LogP contribution in [-0.4, -0.2) is 34.1 Å². The van der Waals surface area contributed by atoms with E-state index in [1.165, 1.54) is 0 Å². The van der Waals surface area contributed by atoms with Crippen LogP contribution in [0.4, 0.5) is 5.69 Å². The summed E-state index contributed by atoms with van der Waals surface area (Å²) in [5.74, 6) is 0.769. The molecule has 134 valence electrons. The van der Waals surface area contributed by atoms with Gasteiger partial charge in [0.25, 0.3) is 0 Å². The van der Waals surface area contributed by atoms with Crippen LogP contribution in [0, 0.1) is 0 Å². The summed E-state index contributed by atoms with van der Waals surface area (Å²) in [6.07, 6.45) is 7.98. The zero-order chi connectivity index (χ0) is 17.9. The molecule has 2 N–H and O–H groups in total. The summed E-state index contributed by atoms with van der Waals surface area (Å²) in [4.78, 5) is 12.9. The number of aromatic nitrogens is 3. The molecule has 0 saturated carbocycles. The third-order valence-electron chi connectivity index (χ3n) is 4.26. The van der Waals surface area contributed by atoms with E-state index in [1.54, 1.807) is 24.8 Å². The fraction of sp³-hybridized carbons (Fsp3) is 0.278. The molecular weight excluding hydrogens is 418 g/mol. The second kappa shape index (κ2) is 7.73. The smallest absolute Gasteiger partial charge is 0.160 e. The van der Waals surface area contributed by atoms with E-state index in [4.69, 9.17) is 16.3 Å². The van der Waals surface area contributed by atoms with Gasteiger partial charge in [0.15, 0.2) is 5.75 Å². The summed E-state index contributed by atoms with van der Waals surface area (Å²) in [5.41, 5.74) is 3.35. The molecule has 3 aromatic rings. The van der Waals surface area contributed by atoms with E-state index < -0.39 is 0 Å². The number of anilines is 1. The molecule has 0 spiro atoms. The zero-order valence-electron chi connectivity index (χ0n) is 13.9. The number of ether oxygens (including phenoxy) is 1. The molecule has 2 aromatic heterocycles. The van der Waals surface area contributed by atoms with Crippen molar-refractivity contribution in [2.75, 3.05) is 18.4 Å². The maximum atomic E-state index is 6.41. The standard InChI is InChI=1S/C18H17BrClN5O/c19-13-9-22-10-17(18(13)26-12-1-2-21-8-12)25-7-11-5-15-16(6-14(11)20)24-4-3-23-15/h3-6,9-10,12,21,25H,1-2,7-8H2/t12-/m1/s1.